The van der Waals surface area contributed by atoms with Crippen LogP contribution in [-0.2, 0) is 21.1 Å². The monoisotopic (exact) mass is 354 g/mol. The molecular weight excluding hydrogens is 328 g/mol. The van der Waals surface area contributed by atoms with Crippen LogP contribution in [0.25, 0.3) is 0 Å². The van der Waals surface area contributed by atoms with Crippen LogP contribution in [0.15, 0.2) is 24.3 Å². The molecule has 6 nitrogen and oxygen atoms in total. The van der Waals surface area contributed by atoms with Crippen LogP contribution in [0, 0.1) is 0 Å². The molecule has 1 aliphatic heterocycles. The SMILES string of the molecule is COc1cccc(CCN2CCN(C(=O)CCS(C)(=O)=O)CC2)c1. The quantitative estimate of drug-likeness (QED) is 0.725. The van der Waals surface area contributed by atoms with E-state index in [1.165, 1.54) is 5.56 Å². The Morgan fingerprint density at radius 2 is 1.92 bits per heavy atom. The van der Waals surface area contributed by atoms with Gasteiger partial charge in [0.25, 0.3) is 0 Å². The lowest BCUT2D eigenvalue weighted by Gasteiger charge is -2.34. The van der Waals surface area contributed by atoms with Crippen LogP contribution in [0.4, 0.5) is 0 Å². The zero-order chi connectivity index (χ0) is 17.6. The molecule has 0 radical (unpaired) electrons. The first-order chi connectivity index (χ1) is 11.4. The minimum Gasteiger partial charge on any atom is -0.497 e. The fourth-order valence-corrected chi connectivity index (χ4v) is 3.31. The molecule has 24 heavy (non-hydrogen) atoms. The van der Waals surface area contributed by atoms with Gasteiger partial charge < -0.3 is 9.64 Å². The summed E-state index contributed by atoms with van der Waals surface area (Å²) in [5.74, 6) is 0.740. The number of methoxy groups -OCH3 is 1. The van der Waals surface area contributed by atoms with E-state index in [9.17, 15) is 13.2 Å². The summed E-state index contributed by atoms with van der Waals surface area (Å²) >= 11 is 0. The average Bonchev–Trinajstić information content (AvgIpc) is 2.58. The molecule has 0 unspecified atom stereocenters. The Bertz CT molecular complexity index is 652. The Morgan fingerprint density at radius 3 is 2.54 bits per heavy atom. The van der Waals surface area contributed by atoms with Crippen LogP contribution in [0.2, 0.25) is 0 Å². The zero-order valence-electron chi connectivity index (χ0n) is 14.4. The number of nitrogens with zero attached hydrogens (tertiary/aromatic N) is 2. The predicted octanol–water partition coefficient (Wildman–Crippen LogP) is 0.817. The second-order valence-corrected chi connectivity index (χ2v) is 8.46. The topological polar surface area (TPSA) is 66.9 Å². The minimum absolute atomic E-state index is 0.0622. The Hall–Kier alpha value is -1.60. The first-order valence-corrected chi connectivity index (χ1v) is 10.2. The van der Waals surface area contributed by atoms with Crippen molar-refractivity contribution < 1.29 is 17.9 Å². The molecule has 1 aromatic carbocycles. The molecule has 1 aromatic rings. The third-order valence-electron chi connectivity index (χ3n) is 4.26. The van der Waals surface area contributed by atoms with Gasteiger partial charge in [0, 0.05) is 45.4 Å². The highest BCUT2D eigenvalue weighted by atomic mass is 32.2. The summed E-state index contributed by atoms with van der Waals surface area (Å²) in [6, 6.07) is 8.06. The molecule has 0 N–H and O–H groups in total. The van der Waals surface area contributed by atoms with E-state index in [2.05, 4.69) is 11.0 Å². The van der Waals surface area contributed by atoms with Gasteiger partial charge in [-0.25, -0.2) is 8.42 Å². The van der Waals surface area contributed by atoms with Crippen LogP contribution in [0.1, 0.15) is 12.0 Å². The molecule has 0 aromatic heterocycles. The molecule has 0 aliphatic carbocycles. The van der Waals surface area contributed by atoms with E-state index in [0.717, 1.165) is 38.1 Å². The van der Waals surface area contributed by atoms with Crippen LogP contribution in [-0.4, -0.2) is 76.0 Å². The summed E-state index contributed by atoms with van der Waals surface area (Å²) in [4.78, 5) is 16.1. The summed E-state index contributed by atoms with van der Waals surface area (Å²) < 4.78 is 27.5. The number of hydrogen-bond acceptors (Lipinski definition) is 5. The zero-order valence-corrected chi connectivity index (χ0v) is 15.2. The average molecular weight is 354 g/mol. The van der Waals surface area contributed by atoms with Crippen molar-refractivity contribution in [2.75, 3.05) is 51.8 Å². The van der Waals surface area contributed by atoms with E-state index in [1.54, 1.807) is 12.0 Å². The number of ether oxygens (including phenoxy) is 1. The van der Waals surface area contributed by atoms with Gasteiger partial charge in [-0.15, -0.1) is 0 Å². The minimum atomic E-state index is -3.08. The maximum Gasteiger partial charge on any atom is 0.223 e. The van der Waals surface area contributed by atoms with E-state index >= 15 is 0 Å². The van der Waals surface area contributed by atoms with Gasteiger partial charge in [-0.05, 0) is 24.1 Å². The van der Waals surface area contributed by atoms with Crippen LogP contribution < -0.4 is 4.74 Å². The Labute approximate surface area is 144 Å². The van der Waals surface area contributed by atoms with Gasteiger partial charge in [0.1, 0.15) is 15.6 Å². The number of piperazine rings is 1. The summed E-state index contributed by atoms with van der Waals surface area (Å²) in [5, 5.41) is 0. The Kier molecular flexibility index (Phi) is 6.62. The van der Waals surface area contributed by atoms with Gasteiger partial charge in [0.2, 0.25) is 5.91 Å². The smallest absolute Gasteiger partial charge is 0.223 e. The number of carbonyl (C=O) groups is 1. The summed E-state index contributed by atoms with van der Waals surface area (Å²) in [6.07, 6.45) is 2.19. The van der Waals surface area contributed by atoms with Crippen molar-refractivity contribution in [3.63, 3.8) is 0 Å². The lowest BCUT2D eigenvalue weighted by molar-refractivity contribution is -0.132. The summed E-state index contributed by atoms with van der Waals surface area (Å²) in [6.45, 7) is 3.93. The second kappa shape index (κ2) is 8.48. The third-order valence-corrected chi connectivity index (χ3v) is 5.21. The number of carbonyl (C=O) groups excluding carboxylic acids is 1. The van der Waals surface area contributed by atoms with Gasteiger partial charge >= 0.3 is 0 Å². The molecule has 0 saturated carbocycles. The molecule has 1 saturated heterocycles. The number of hydrogen-bond donors (Lipinski definition) is 0. The van der Waals surface area contributed by atoms with Gasteiger partial charge in [-0.3, -0.25) is 9.69 Å². The highest BCUT2D eigenvalue weighted by Gasteiger charge is 2.21. The van der Waals surface area contributed by atoms with Crippen LogP contribution >= 0.6 is 0 Å². The molecule has 1 amide bonds. The van der Waals surface area contributed by atoms with E-state index < -0.39 is 9.84 Å². The molecule has 7 heteroatoms. The maximum absolute atomic E-state index is 12.0. The molecule has 1 fully saturated rings. The normalized spacial score (nSPS) is 16.2. The second-order valence-electron chi connectivity index (χ2n) is 6.20. The molecule has 1 aliphatic rings. The van der Waals surface area contributed by atoms with Crippen molar-refractivity contribution >= 4 is 15.7 Å². The van der Waals surface area contributed by atoms with Gasteiger partial charge in [-0.2, -0.15) is 0 Å². The van der Waals surface area contributed by atoms with Crippen molar-refractivity contribution in [2.24, 2.45) is 0 Å². The first-order valence-electron chi connectivity index (χ1n) is 8.18. The van der Waals surface area contributed by atoms with Crippen molar-refractivity contribution in [3.8, 4) is 5.75 Å². The van der Waals surface area contributed by atoms with Gasteiger partial charge in [0.05, 0.1) is 12.9 Å². The number of rotatable bonds is 7. The molecular formula is C17H26N2O4S. The number of amides is 1. The van der Waals surface area contributed by atoms with Crippen LogP contribution in [0.3, 0.4) is 0 Å². The molecule has 0 bridgehead atoms. The van der Waals surface area contributed by atoms with Gasteiger partial charge in [0.15, 0.2) is 0 Å². The predicted molar refractivity (Wildman–Crippen MR) is 94.0 cm³/mol. The fourth-order valence-electron chi connectivity index (χ4n) is 2.77. The molecule has 0 atom stereocenters. The van der Waals surface area contributed by atoms with E-state index in [4.69, 9.17) is 4.74 Å². The number of benzene rings is 1. The van der Waals surface area contributed by atoms with Gasteiger partial charge in [-0.1, -0.05) is 12.1 Å². The largest absolute Gasteiger partial charge is 0.497 e. The van der Waals surface area contributed by atoms with Crippen LogP contribution in [0.5, 0.6) is 5.75 Å². The fraction of sp³-hybridized carbons (Fsp3) is 0.588. The number of sulfone groups is 1. The van der Waals surface area contributed by atoms with E-state index in [-0.39, 0.29) is 18.1 Å². The maximum atomic E-state index is 12.0. The summed E-state index contributed by atoms with van der Waals surface area (Å²) in [5.41, 5.74) is 1.24. The van der Waals surface area contributed by atoms with Crippen molar-refractivity contribution in [2.45, 2.75) is 12.8 Å². The Morgan fingerprint density at radius 1 is 1.21 bits per heavy atom. The highest BCUT2D eigenvalue weighted by molar-refractivity contribution is 7.90. The molecule has 2 rings (SSSR count). The lowest BCUT2D eigenvalue weighted by Crippen LogP contribution is -2.49. The summed E-state index contributed by atoms with van der Waals surface area (Å²) in [7, 11) is -1.42. The lowest BCUT2D eigenvalue weighted by atomic mass is 10.1. The van der Waals surface area contributed by atoms with Crippen molar-refractivity contribution in [1.29, 1.82) is 0 Å². The first kappa shape index (κ1) is 18.7. The van der Waals surface area contributed by atoms with E-state index in [1.807, 2.05) is 18.2 Å². The molecule has 134 valence electrons. The van der Waals surface area contributed by atoms with Crippen molar-refractivity contribution in [1.82, 2.24) is 9.80 Å². The third kappa shape index (κ3) is 6.13. The molecule has 0 spiro atoms. The molecule has 1 heterocycles. The highest BCUT2D eigenvalue weighted by Crippen LogP contribution is 2.14. The Balaban J connectivity index is 1.73. The van der Waals surface area contributed by atoms with Crippen molar-refractivity contribution in [3.05, 3.63) is 29.8 Å². The van der Waals surface area contributed by atoms with E-state index in [0.29, 0.717) is 13.1 Å². The standard InChI is InChI=1S/C17H26N2O4S/c1-23-16-5-3-4-15(14-16)6-8-18-9-11-19(12-10-18)17(20)7-13-24(2,21)22/h3-5,14H,6-13H2,1-2H3.